The summed E-state index contributed by atoms with van der Waals surface area (Å²) in [5, 5.41) is 0.768. The molecule has 0 radical (unpaired) electrons. The van der Waals surface area contributed by atoms with Gasteiger partial charge >= 0.3 is 5.97 Å². The summed E-state index contributed by atoms with van der Waals surface area (Å²) in [5.74, 6) is 0.143. The van der Waals surface area contributed by atoms with Gasteiger partial charge in [0.2, 0.25) is 0 Å². The summed E-state index contributed by atoms with van der Waals surface area (Å²) in [4.78, 5) is 16.3. The number of carbonyl (C=O) groups excluding carboxylic acids is 1. The van der Waals surface area contributed by atoms with Crippen molar-refractivity contribution < 1.29 is 32.0 Å². The molecule has 0 aliphatic rings. The molecule has 2 aromatic carbocycles. The van der Waals surface area contributed by atoms with Crippen LogP contribution in [0, 0.1) is 5.82 Å². The van der Waals surface area contributed by atoms with Gasteiger partial charge < -0.3 is 27.2 Å². The van der Waals surface area contributed by atoms with Gasteiger partial charge in [-0.2, -0.15) is 10.6 Å². The van der Waals surface area contributed by atoms with Gasteiger partial charge in [0.25, 0.3) is 0 Å². The maximum atomic E-state index is 15.7. The standard InChI is InChI=1S/C30H32FN2O6S/c1-6-37-27(34)15-20-7-8-22(36-5)16-26(20)39-18-19-13-21-10-12-38-29(21)24(14-19)23-9-11-32-25(28(23)31)17-33-40(35)30(2,3)4/h7-14,16H,6,15,17-18H2,1-5H3/q-1. The fourth-order valence-corrected chi connectivity index (χ4v) is 4.64. The van der Waals surface area contributed by atoms with Crippen molar-refractivity contribution in [2.24, 2.45) is 4.36 Å². The van der Waals surface area contributed by atoms with Crippen LogP contribution in [0.4, 0.5) is 4.39 Å². The summed E-state index contributed by atoms with van der Waals surface area (Å²) >= 11 is 0. The molecule has 212 valence electrons. The number of hydrogen-bond acceptors (Lipinski definition) is 9. The molecule has 0 aliphatic heterocycles. The summed E-state index contributed by atoms with van der Waals surface area (Å²) in [6.45, 7) is 7.47. The average Bonchev–Trinajstić information content (AvgIpc) is 3.40. The number of aromatic nitrogens is 1. The molecule has 0 amide bonds. The first-order chi connectivity index (χ1) is 19.1. The molecule has 0 atom stereocenters. The number of esters is 1. The number of nitrogens with zero attached hydrogens (tertiary/aromatic N) is 2. The Balaban J connectivity index is 1.67. The Bertz CT molecular complexity index is 1600. The molecule has 0 fully saturated rings. The van der Waals surface area contributed by atoms with Crippen LogP contribution in [-0.2, 0) is 43.9 Å². The lowest BCUT2D eigenvalue weighted by molar-refractivity contribution is -0.142. The molecule has 10 heteroatoms. The molecule has 40 heavy (non-hydrogen) atoms. The fraction of sp³-hybridized carbons (Fsp3) is 0.333. The monoisotopic (exact) mass is 567 g/mol. The second-order valence-electron chi connectivity index (χ2n) is 9.99. The third-order valence-corrected chi connectivity index (χ3v) is 7.44. The van der Waals surface area contributed by atoms with E-state index in [1.807, 2.05) is 6.07 Å². The summed E-state index contributed by atoms with van der Waals surface area (Å²) in [7, 11) is 0.0483. The summed E-state index contributed by atoms with van der Waals surface area (Å²) in [5.41, 5.74) is 2.83. The van der Waals surface area contributed by atoms with E-state index in [4.69, 9.17) is 18.6 Å². The van der Waals surface area contributed by atoms with Crippen molar-refractivity contribution in [1.29, 1.82) is 0 Å². The molecule has 8 nitrogen and oxygen atoms in total. The van der Waals surface area contributed by atoms with Crippen molar-refractivity contribution in [3.63, 3.8) is 0 Å². The van der Waals surface area contributed by atoms with Crippen LogP contribution in [0.2, 0.25) is 0 Å². The minimum atomic E-state index is -1.50. The Hall–Kier alpha value is -3.92. The number of fused-ring (bicyclic) bond motifs is 1. The van der Waals surface area contributed by atoms with Crippen LogP contribution < -0.4 is 9.47 Å². The Labute approximate surface area is 234 Å². The Morgan fingerprint density at radius 2 is 1.93 bits per heavy atom. The SMILES string of the molecule is CCOC(=O)Cc1ccc(OC)cc1OCc1cc(-c2ccnc(CN=[S-](=O)C(C)(C)C)c2F)c2occc2c1. The number of methoxy groups -OCH3 is 1. The van der Waals surface area contributed by atoms with E-state index in [0.717, 1.165) is 10.9 Å². The van der Waals surface area contributed by atoms with Crippen LogP contribution in [-0.4, -0.2) is 29.4 Å². The fourth-order valence-electron chi connectivity index (χ4n) is 4.02. The number of benzene rings is 2. The van der Waals surface area contributed by atoms with Gasteiger partial charge in [-0.1, -0.05) is 31.6 Å². The zero-order valence-electron chi connectivity index (χ0n) is 23.2. The van der Waals surface area contributed by atoms with Crippen molar-refractivity contribution >= 4 is 27.5 Å². The lowest BCUT2D eigenvalue weighted by Crippen LogP contribution is -2.15. The highest BCUT2D eigenvalue weighted by Crippen LogP contribution is 2.34. The molecular formula is C30H32FN2O6S-. The topological polar surface area (TPSA) is 100 Å². The van der Waals surface area contributed by atoms with Gasteiger partial charge in [-0.15, -0.1) is 0 Å². The van der Waals surface area contributed by atoms with Crippen LogP contribution in [0.15, 0.2) is 63.7 Å². The van der Waals surface area contributed by atoms with E-state index in [2.05, 4.69) is 9.35 Å². The molecule has 0 saturated heterocycles. The van der Waals surface area contributed by atoms with Crippen LogP contribution in [0.1, 0.15) is 44.5 Å². The second-order valence-corrected chi connectivity index (χ2v) is 12.0. The molecule has 0 N–H and O–H groups in total. The van der Waals surface area contributed by atoms with Crippen LogP contribution in [0.5, 0.6) is 11.5 Å². The second kappa shape index (κ2) is 12.5. The number of carbonyl (C=O) groups is 1. The largest absolute Gasteiger partial charge is 0.497 e. The normalized spacial score (nSPS) is 12.4. The predicted octanol–water partition coefficient (Wildman–Crippen LogP) is 6.77. The van der Waals surface area contributed by atoms with Gasteiger partial charge in [0.05, 0.1) is 38.6 Å². The van der Waals surface area contributed by atoms with Crippen LogP contribution >= 0.6 is 0 Å². The predicted molar refractivity (Wildman–Crippen MR) is 151 cm³/mol. The minimum Gasteiger partial charge on any atom is -0.497 e. The first-order valence-corrected chi connectivity index (χ1v) is 13.9. The van der Waals surface area contributed by atoms with Gasteiger partial charge in [-0.05, 0) is 42.8 Å². The molecule has 0 saturated carbocycles. The maximum absolute atomic E-state index is 15.7. The maximum Gasteiger partial charge on any atom is 0.310 e. The highest BCUT2D eigenvalue weighted by Gasteiger charge is 2.17. The van der Waals surface area contributed by atoms with Gasteiger partial charge in [0.1, 0.15) is 23.7 Å². The Kier molecular flexibility index (Phi) is 9.09. The van der Waals surface area contributed by atoms with Crippen molar-refractivity contribution in [2.75, 3.05) is 13.7 Å². The molecule has 0 unspecified atom stereocenters. The summed E-state index contributed by atoms with van der Waals surface area (Å²) < 4.78 is 53.9. The molecule has 4 aromatic rings. The van der Waals surface area contributed by atoms with E-state index >= 15 is 4.39 Å². The van der Waals surface area contributed by atoms with E-state index in [0.29, 0.717) is 28.2 Å². The van der Waals surface area contributed by atoms with Gasteiger partial charge in [-0.3, -0.25) is 9.78 Å². The Morgan fingerprint density at radius 3 is 2.65 bits per heavy atom. The van der Waals surface area contributed by atoms with Gasteiger partial charge in [0.15, 0.2) is 5.82 Å². The summed E-state index contributed by atoms with van der Waals surface area (Å²) in [6, 6.07) is 12.3. The highest BCUT2D eigenvalue weighted by atomic mass is 32.2. The Morgan fingerprint density at radius 1 is 1.12 bits per heavy atom. The van der Waals surface area contributed by atoms with Crippen molar-refractivity contribution in [3.05, 3.63) is 77.6 Å². The van der Waals surface area contributed by atoms with Gasteiger partial charge in [-0.25, -0.2) is 4.39 Å². The van der Waals surface area contributed by atoms with Crippen molar-refractivity contribution in [2.45, 2.75) is 52.0 Å². The molecular weight excluding hydrogens is 535 g/mol. The quantitative estimate of drug-likeness (QED) is 0.154. The molecule has 0 bridgehead atoms. The summed E-state index contributed by atoms with van der Waals surface area (Å²) in [6.07, 6.45) is 3.09. The van der Waals surface area contributed by atoms with Crippen LogP contribution in [0.25, 0.3) is 22.1 Å². The zero-order chi connectivity index (χ0) is 28.9. The number of ether oxygens (including phenoxy) is 3. The first kappa shape index (κ1) is 29.1. The van der Waals surface area contributed by atoms with Crippen LogP contribution in [0.3, 0.4) is 0 Å². The average molecular weight is 568 g/mol. The molecule has 4 rings (SSSR count). The van der Waals surface area contributed by atoms with E-state index < -0.39 is 21.2 Å². The lowest BCUT2D eigenvalue weighted by atomic mass is 10.00. The molecule has 0 aliphatic carbocycles. The van der Waals surface area contributed by atoms with E-state index in [-0.39, 0.29) is 43.4 Å². The number of hydrogen-bond donors (Lipinski definition) is 0. The van der Waals surface area contributed by atoms with Crippen molar-refractivity contribution in [1.82, 2.24) is 4.98 Å². The first-order valence-electron chi connectivity index (χ1n) is 12.8. The molecule has 2 heterocycles. The number of rotatable bonds is 10. The molecule has 0 spiro atoms. The zero-order valence-corrected chi connectivity index (χ0v) is 24.0. The third-order valence-electron chi connectivity index (χ3n) is 6.03. The number of furan rings is 1. The number of pyridine rings is 1. The number of halogens is 1. The van der Waals surface area contributed by atoms with Gasteiger partial charge in [0, 0.05) is 34.3 Å². The lowest BCUT2D eigenvalue weighted by Gasteiger charge is -2.22. The van der Waals surface area contributed by atoms with Crippen molar-refractivity contribution in [3.8, 4) is 22.6 Å². The van der Waals surface area contributed by atoms with E-state index in [9.17, 15) is 9.00 Å². The van der Waals surface area contributed by atoms with E-state index in [1.54, 1.807) is 77.5 Å². The highest BCUT2D eigenvalue weighted by molar-refractivity contribution is 7.76. The third kappa shape index (κ3) is 6.80. The minimum absolute atomic E-state index is 0.0508. The van der Waals surface area contributed by atoms with E-state index in [1.165, 1.54) is 6.20 Å². The smallest absolute Gasteiger partial charge is 0.310 e. The molecule has 2 aromatic heterocycles.